The Balaban J connectivity index is 1.98. The molecule has 1 N–H and O–H groups in total. The van der Waals surface area contributed by atoms with Crippen LogP contribution in [0, 0.1) is 10.1 Å². The van der Waals surface area contributed by atoms with Gasteiger partial charge in [-0.05, 0) is 43.7 Å². The first-order chi connectivity index (χ1) is 17.7. The average Bonchev–Trinajstić information content (AvgIpc) is 3.18. The Hall–Kier alpha value is -4.45. The summed E-state index contributed by atoms with van der Waals surface area (Å²) in [5.41, 5.74) is 0.490. The summed E-state index contributed by atoms with van der Waals surface area (Å²) in [4.78, 5) is 42.1. The maximum absolute atomic E-state index is 13.7. The Bertz CT molecular complexity index is 1620. The van der Waals surface area contributed by atoms with Crippen molar-refractivity contribution in [2.24, 2.45) is 4.99 Å². The number of ether oxygens (including phenoxy) is 3. The van der Waals surface area contributed by atoms with Crippen molar-refractivity contribution >= 4 is 29.1 Å². The van der Waals surface area contributed by atoms with Gasteiger partial charge in [-0.2, -0.15) is 0 Å². The fourth-order valence-electron chi connectivity index (χ4n) is 4.04. The summed E-state index contributed by atoms with van der Waals surface area (Å²) in [6.07, 6.45) is 1.36. The third-order valence-electron chi connectivity index (χ3n) is 5.75. The second-order valence-electron chi connectivity index (χ2n) is 7.92. The number of hydrogen-bond donors (Lipinski definition) is 1. The molecular weight excluding hydrogens is 502 g/mol. The maximum Gasteiger partial charge on any atom is 0.338 e. The number of phenolic OH excluding ortho intramolecular Hbond substituents is 1. The number of aromatic nitrogens is 1. The van der Waals surface area contributed by atoms with E-state index < -0.39 is 22.5 Å². The highest BCUT2D eigenvalue weighted by Crippen LogP contribution is 2.36. The second-order valence-corrected chi connectivity index (χ2v) is 8.93. The van der Waals surface area contributed by atoms with Gasteiger partial charge < -0.3 is 19.3 Å². The minimum atomic E-state index is -0.893. The number of aromatic hydroxyl groups is 1. The Morgan fingerprint density at radius 3 is 2.59 bits per heavy atom. The molecule has 0 aliphatic carbocycles. The number of non-ortho nitro benzene ring substituents is 1. The number of phenols is 1. The van der Waals surface area contributed by atoms with Gasteiger partial charge >= 0.3 is 5.97 Å². The second kappa shape index (κ2) is 10.3. The molecule has 1 aliphatic rings. The molecule has 0 amide bonds. The predicted octanol–water partition coefficient (Wildman–Crippen LogP) is 2.43. The van der Waals surface area contributed by atoms with Gasteiger partial charge in [-0.25, -0.2) is 9.79 Å². The molecule has 3 aromatic rings. The molecule has 0 saturated heterocycles. The molecule has 0 bridgehead atoms. The lowest BCUT2D eigenvalue weighted by Crippen LogP contribution is -2.40. The van der Waals surface area contributed by atoms with E-state index in [2.05, 4.69) is 4.99 Å². The number of hydrogen-bond acceptors (Lipinski definition) is 10. The van der Waals surface area contributed by atoms with Gasteiger partial charge in [0, 0.05) is 17.7 Å². The van der Waals surface area contributed by atoms with Crippen LogP contribution in [0.25, 0.3) is 6.08 Å². The van der Waals surface area contributed by atoms with Crippen LogP contribution in [0.5, 0.6) is 17.2 Å². The minimum absolute atomic E-state index is 0.100. The summed E-state index contributed by atoms with van der Waals surface area (Å²) < 4.78 is 17.6. The number of carbonyl (C=O) groups is 1. The van der Waals surface area contributed by atoms with Crippen LogP contribution >= 0.6 is 11.3 Å². The van der Waals surface area contributed by atoms with Gasteiger partial charge in [0.2, 0.25) is 0 Å². The van der Waals surface area contributed by atoms with Gasteiger partial charge in [-0.3, -0.25) is 19.5 Å². The fraction of sp³-hybridized carbons (Fsp3) is 0.240. The number of nitro benzene ring substituents is 1. The van der Waals surface area contributed by atoms with Crippen LogP contribution < -0.4 is 24.4 Å². The van der Waals surface area contributed by atoms with E-state index in [-0.39, 0.29) is 33.7 Å². The number of benzene rings is 2. The molecule has 2 aromatic carbocycles. The van der Waals surface area contributed by atoms with E-state index in [0.29, 0.717) is 27.6 Å². The van der Waals surface area contributed by atoms with Gasteiger partial charge in [0.25, 0.3) is 11.2 Å². The van der Waals surface area contributed by atoms with Gasteiger partial charge in [-0.15, -0.1) is 0 Å². The summed E-state index contributed by atoms with van der Waals surface area (Å²) in [6.45, 7) is 3.47. The Kier molecular flexibility index (Phi) is 7.11. The van der Waals surface area contributed by atoms with E-state index in [1.54, 1.807) is 32.0 Å². The van der Waals surface area contributed by atoms with E-state index in [1.165, 1.54) is 43.1 Å². The van der Waals surface area contributed by atoms with Crippen molar-refractivity contribution in [3.63, 3.8) is 0 Å². The molecule has 1 aliphatic heterocycles. The summed E-state index contributed by atoms with van der Waals surface area (Å²) >= 11 is 1.03. The highest BCUT2D eigenvalue weighted by Gasteiger charge is 2.34. The Morgan fingerprint density at radius 1 is 1.22 bits per heavy atom. The molecule has 11 nitrogen and oxygen atoms in total. The third kappa shape index (κ3) is 4.70. The molecule has 1 atom stereocenters. The zero-order valence-electron chi connectivity index (χ0n) is 20.4. The summed E-state index contributed by atoms with van der Waals surface area (Å²) in [5, 5.41) is 21.4. The van der Waals surface area contributed by atoms with E-state index in [0.717, 1.165) is 11.3 Å². The fourth-order valence-corrected chi connectivity index (χ4v) is 5.08. The standard InChI is InChI=1S/C25H23N3O8S/c1-5-36-24(31)21-13(2)26-25-27(22(21)14-6-9-18(34-3)19(11-14)35-4)23(30)20(37-25)12-15-10-16(28(32)33)7-8-17(15)29/h6-12,22,29H,5H2,1-4H3. The number of methoxy groups -OCH3 is 2. The number of rotatable bonds is 7. The lowest BCUT2D eigenvalue weighted by Gasteiger charge is -2.25. The molecule has 12 heteroatoms. The van der Waals surface area contributed by atoms with Crippen LogP contribution in [-0.4, -0.2) is 41.4 Å². The number of fused-ring (bicyclic) bond motifs is 1. The van der Waals surface area contributed by atoms with Crippen molar-refractivity contribution < 1.29 is 29.0 Å². The van der Waals surface area contributed by atoms with Crippen molar-refractivity contribution in [1.82, 2.24) is 4.57 Å². The topological polar surface area (TPSA) is 142 Å². The number of allylic oxidation sites excluding steroid dienone is 1. The number of nitro groups is 1. The minimum Gasteiger partial charge on any atom is -0.507 e. The maximum atomic E-state index is 13.7. The molecule has 4 rings (SSSR count). The molecular formula is C25H23N3O8S. The Morgan fingerprint density at radius 2 is 1.95 bits per heavy atom. The Labute approximate surface area is 214 Å². The molecule has 0 fully saturated rings. The van der Waals surface area contributed by atoms with E-state index in [9.17, 15) is 24.8 Å². The normalized spacial score (nSPS) is 15.1. The van der Waals surface area contributed by atoms with Crippen LogP contribution in [0.15, 0.2) is 57.5 Å². The first kappa shape index (κ1) is 25.6. The number of esters is 1. The molecule has 1 unspecified atom stereocenters. The zero-order chi connectivity index (χ0) is 26.9. The molecule has 0 radical (unpaired) electrons. The highest BCUT2D eigenvalue weighted by molar-refractivity contribution is 7.07. The van der Waals surface area contributed by atoms with E-state index in [1.807, 2.05) is 0 Å². The molecule has 1 aromatic heterocycles. The van der Waals surface area contributed by atoms with Crippen LogP contribution in [0.2, 0.25) is 0 Å². The zero-order valence-corrected chi connectivity index (χ0v) is 21.2. The largest absolute Gasteiger partial charge is 0.507 e. The van der Waals surface area contributed by atoms with Gasteiger partial charge in [0.15, 0.2) is 16.3 Å². The average molecular weight is 526 g/mol. The van der Waals surface area contributed by atoms with Gasteiger partial charge in [-0.1, -0.05) is 17.4 Å². The monoisotopic (exact) mass is 525 g/mol. The SMILES string of the molecule is CCOC(=O)C1=C(C)N=c2sc(=Cc3cc([N+](=O)[O-])ccc3O)c(=O)n2C1c1ccc(OC)c(OC)c1. The van der Waals surface area contributed by atoms with Crippen LogP contribution in [-0.2, 0) is 9.53 Å². The van der Waals surface area contributed by atoms with Crippen LogP contribution in [0.4, 0.5) is 5.69 Å². The number of thiazole rings is 1. The summed E-state index contributed by atoms with van der Waals surface area (Å²) in [6, 6.07) is 7.70. The van der Waals surface area contributed by atoms with E-state index >= 15 is 0 Å². The van der Waals surface area contributed by atoms with Crippen molar-refractivity contribution in [2.75, 3.05) is 20.8 Å². The molecule has 0 saturated carbocycles. The predicted molar refractivity (Wildman–Crippen MR) is 135 cm³/mol. The van der Waals surface area contributed by atoms with Gasteiger partial charge in [0.05, 0.1) is 47.6 Å². The highest BCUT2D eigenvalue weighted by atomic mass is 32.1. The van der Waals surface area contributed by atoms with Crippen molar-refractivity contribution in [2.45, 2.75) is 19.9 Å². The van der Waals surface area contributed by atoms with Gasteiger partial charge in [0.1, 0.15) is 5.75 Å². The molecule has 37 heavy (non-hydrogen) atoms. The number of nitrogens with zero attached hydrogens (tertiary/aromatic N) is 3. The molecule has 0 spiro atoms. The molecule has 2 heterocycles. The van der Waals surface area contributed by atoms with Crippen molar-refractivity contribution in [3.05, 3.63) is 88.6 Å². The summed E-state index contributed by atoms with van der Waals surface area (Å²) in [7, 11) is 2.98. The first-order valence-corrected chi connectivity index (χ1v) is 11.9. The van der Waals surface area contributed by atoms with Crippen molar-refractivity contribution in [3.8, 4) is 17.2 Å². The summed E-state index contributed by atoms with van der Waals surface area (Å²) in [5.74, 6) is 0.0325. The van der Waals surface area contributed by atoms with Crippen LogP contribution in [0.1, 0.15) is 31.0 Å². The number of carbonyl (C=O) groups excluding carboxylic acids is 1. The molecule has 192 valence electrons. The lowest BCUT2D eigenvalue weighted by molar-refractivity contribution is -0.384. The lowest BCUT2D eigenvalue weighted by atomic mass is 9.95. The smallest absolute Gasteiger partial charge is 0.338 e. The third-order valence-corrected chi connectivity index (χ3v) is 6.73. The first-order valence-electron chi connectivity index (χ1n) is 11.1. The van der Waals surface area contributed by atoms with Crippen molar-refractivity contribution in [1.29, 1.82) is 0 Å². The quantitative estimate of drug-likeness (QED) is 0.282. The van der Waals surface area contributed by atoms with E-state index in [4.69, 9.17) is 14.2 Å². The van der Waals surface area contributed by atoms with Crippen LogP contribution in [0.3, 0.4) is 0 Å².